The van der Waals surface area contributed by atoms with Crippen molar-refractivity contribution in [2.75, 3.05) is 20.2 Å². The molecule has 1 aliphatic carbocycles. The average molecular weight is 382 g/mol. The lowest BCUT2D eigenvalue weighted by Gasteiger charge is -2.25. The molecule has 0 spiro atoms. The van der Waals surface area contributed by atoms with Gasteiger partial charge in [-0.15, -0.1) is 0 Å². The van der Waals surface area contributed by atoms with Crippen molar-refractivity contribution in [3.05, 3.63) is 41.9 Å². The minimum atomic E-state index is 0.335. The van der Waals surface area contributed by atoms with E-state index in [2.05, 4.69) is 38.7 Å². The molecule has 150 valence electrons. The van der Waals surface area contributed by atoms with Crippen molar-refractivity contribution in [2.24, 2.45) is 5.92 Å². The summed E-state index contributed by atoms with van der Waals surface area (Å²) >= 11 is 0. The highest BCUT2D eigenvalue weighted by Gasteiger charge is 2.24. The minimum Gasteiger partial charge on any atom is -0.380 e. The van der Waals surface area contributed by atoms with Crippen LogP contribution in [0, 0.1) is 5.92 Å². The standard InChI is InChI=1S/C23H31N3O2/c1-28-17-19-8-5-9-20(14-19)21-16-24-22-10-11-25(12-13-26(21)22)23(27)15-18-6-3-2-4-7-18/h5,8-9,14,16,18H,2-4,6-7,10-13,15,17H2,1H3. The van der Waals surface area contributed by atoms with E-state index in [0.29, 0.717) is 18.4 Å². The molecule has 1 aromatic carbocycles. The summed E-state index contributed by atoms with van der Waals surface area (Å²) < 4.78 is 7.56. The predicted octanol–water partition coefficient (Wildman–Crippen LogP) is 4.05. The zero-order valence-electron chi connectivity index (χ0n) is 16.9. The Labute approximate surface area is 167 Å². The van der Waals surface area contributed by atoms with Crippen LogP contribution in [-0.2, 0) is 29.1 Å². The molecule has 28 heavy (non-hydrogen) atoms. The third-order valence-corrected chi connectivity index (χ3v) is 6.21. The molecule has 2 aliphatic rings. The molecule has 4 rings (SSSR count). The van der Waals surface area contributed by atoms with E-state index >= 15 is 0 Å². The van der Waals surface area contributed by atoms with E-state index in [0.717, 1.165) is 55.1 Å². The summed E-state index contributed by atoms with van der Waals surface area (Å²) in [5.41, 5.74) is 3.46. The zero-order chi connectivity index (χ0) is 19.3. The Kier molecular flexibility index (Phi) is 6.10. The first-order valence-corrected chi connectivity index (χ1v) is 10.6. The molecule has 1 saturated carbocycles. The molecular weight excluding hydrogens is 350 g/mol. The highest BCUT2D eigenvalue weighted by atomic mass is 16.5. The number of nitrogens with zero attached hydrogens (tertiary/aromatic N) is 3. The number of ether oxygens (including phenoxy) is 1. The van der Waals surface area contributed by atoms with Gasteiger partial charge in [-0.2, -0.15) is 0 Å². The zero-order valence-corrected chi connectivity index (χ0v) is 16.9. The first kappa shape index (κ1) is 19.2. The van der Waals surface area contributed by atoms with Crippen LogP contribution in [0.15, 0.2) is 30.5 Å². The summed E-state index contributed by atoms with van der Waals surface area (Å²) in [6.07, 6.45) is 9.90. The van der Waals surface area contributed by atoms with Crippen molar-refractivity contribution in [1.82, 2.24) is 14.5 Å². The second-order valence-electron chi connectivity index (χ2n) is 8.18. The molecule has 5 heteroatoms. The van der Waals surface area contributed by atoms with Crippen molar-refractivity contribution >= 4 is 5.91 Å². The van der Waals surface area contributed by atoms with Crippen LogP contribution in [0.1, 0.15) is 49.9 Å². The second-order valence-corrected chi connectivity index (χ2v) is 8.18. The monoisotopic (exact) mass is 381 g/mol. The van der Waals surface area contributed by atoms with E-state index in [1.165, 1.54) is 32.1 Å². The van der Waals surface area contributed by atoms with E-state index in [9.17, 15) is 4.79 Å². The van der Waals surface area contributed by atoms with Crippen molar-refractivity contribution < 1.29 is 9.53 Å². The minimum absolute atomic E-state index is 0.335. The van der Waals surface area contributed by atoms with Gasteiger partial charge in [-0.25, -0.2) is 4.98 Å². The molecule has 0 N–H and O–H groups in total. The summed E-state index contributed by atoms with van der Waals surface area (Å²) in [4.78, 5) is 19.6. The number of hydrogen-bond acceptors (Lipinski definition) is 3. The maximum atomic E-state index is 12.8. The van der Waals surface area contributed by atoms with Crippen LogP contribution < -0.4 is 0 Å². The molecule has 0 radical (unpaired) electrons. The number of methoxy groups -OCH3 is 1. The fourth-order valence-corrected chi connectivity index (χ4v) is 4.66. The number of imidazole rings is 1. The molecule has 0 atom stereocenters. The Morgan fingerprint density at radius 1 is 1.18 bits per heavy atom. The summed E-state index contributed by atoms with van der Waals surface area (Å²) in [5, 5.41) is 0. The lowest BCUT2D eigenvalue weighted by atomic mass is 9.86. The summed E-state index contributed by atoms with van der Waals surface area (Å²) in [6, 6.07) is 8.45. The van der Waals surface area contributed by atoms with Crippen molar-refractivity contribution in [3.63, 3.8) is 0 Å². The van der Waals surface area contributed by atoms with E-state index in [-0.39, 0.29) is 0 Å². The van der Waals surface area contributed by atoms with E-state index < -0.39 is 0 Å². The maximum absolute atomic E-state index is 12.8. The lowest BCUT2D eigenvalue weighted by molar-refractivity contribution is -0.132. The molecule has 1 fully saturated rings. The van der Waals surface area contributed by atoms with Gasteiger partial charge in [0, 0.05) is 45.1 Å². The molecule has 5 nitrogen and oxygen atoms in total. The third kappa shape index (κ3) is 4.30. The van der Waals surface area contributed by atoms with Crippen LogP contribution in [0.5, 0.6) is 0 Å². The number of carbonyl (C=O) groups is 1. The van der Waals surface area contributed by atoms with Crippen LogP contribution >= 0.6 is 0 Å². The number of amides is 1. The van der Waals surface area contributed by atoms with Crippen LogP contribution in [0.4, 0.5) is 0 Å². The maximum Gasteiger partial charge on any atom is 0.222 e. The third-order valence-electron chi connectivity index (χ3n) is 6.21. The fraction of sp³-hybridized carbons (Fsp3) is 0.565. The molecule has 0 bridgehead atoms. The van der Waals surface area contributed by atoms with Gasteiger partial charge in [0.15, 0.2) is 0 Å². The molecule has 1 aromatic heterocycles. The average Bonchev–Trinajstić information content (AvgIpc) is 3.00. The largest absolute Gasteiger partial charge is 0.380 e. The van der Waals surface area contributed by atoms with Crippen LogP contribution in [0.3, 0.4) is 0 Å². The van der Waals surface area contributed by atoms with Gasteiger partial charge in [-0.3, -0.25) is 4.79 Å². The quantitative estimate of drug-likeness (QED) is 0.785. The van der Waals surface area contributed by atoms with Gasteiger partial charge in [0.25, 0.3) is 0 Å². The smallest absolute Gasteiger partial charge is 0.222 e. The number of fused-ring (bicyclic) bond motifs is 1. The predicted molar refractivity (Wildman–Crippen MR) is 110 cm³/mol. The molecule has 1 amide bonds. The molecule has 0 saturated heterocycles. The van der Waals surface area contributed by atoms with Crippen molar-refractivity contribution in [3.8, 4) is 11.3 Å². The van der Waals surface area contributed by atoms with E-state index in [4.69, 9.17) is 4.74 Å². The Balaban J connectivity index is 1.45. The number of rotatable bonds is 5. The van der Waals surface area contributed by atoms with E-state index in [1.807, 2.05) is 6.20 Å². The topological polar surface area (TPSA) is 47.4 Å². The SMILES string of the molecule is COCc1cccc(-c2cnc3n2CCN(C(=O)CC2CCCCC2)CC3)c1. The number of hydrogen-bond donors (Lipinski definition) is 0. The second kappa shape index (κ2) is 8.91. The van der Waals surface area contributed by atoms with Crippen LogP contribution in [-0.4, -0.2) is 40.6 Å². The lowest BCUT2D eigenvalue weighted by Crippen LogP contribution is -2.35. The summed E-state index contributed by atoms with van der Waals surface area (Å²) in [6.45, 7) is 2.99. The summed E-state index contributed by atoms with van der Waals surface area (Å²) in [7, 11) is 1.72. The number of benzene rings is 1. The first-order chi connectivity index (χ1) is 13.7. The van der Waals surface area contributed by atoms with Gasteiger partial charge in [-0.05, 0) is 30.4 Å². The van der Waals surface area contributed by atoms with Crippen molar-refractivity contribution in [1.29, 1.82) is 0 Å². The number of aromatic nitrogens is 2. The summed E-state index contributed by atoms with van der Waals surface area (Å²) in [5.74, 6) is 2.02. The Hall–Kier alpha value is -2.14. The first-order valence-electron chi connectivity index (χ1n) is 10.6. The molecular formula is C23H31N3O2. The van der Waals surface area contributed by atoms with Crippen molar-refractivity contribution in [2.45, 2.75) is 58.1 Å². The Morgan fingerprint density at radius 2 is 2.04 bits per heavy atom. The molecule has 1 aliphatic heterocycles. The molecule has 2 heterocycles. The molecule has 0 unspecified atom stereocenters. The van der Waals surface area contributed by atoms with Gasteiger partial charge >= 0.3 is 0 Å². The Morgan fingerprint density at radius 3 is 2.86 bits per heavy atom. The van der Waals surface area contributed by atoms with Crippen LogP contribution in [0.25, 0.3) is 11.3 Å². The highest BCUT2D eigenvalue weighted by Crippen LogP contribution is 2.28. The molecule has 2 aromatic rings. The highest BCUT2D eigenvalue weighted by molar-refractivity contribution is 5.76. The normalized spacial score (nSPS) is 18.0. The van der Waals surface area contributed by atoms with E-state index in [1.54, 1.807) is 7.11 Å². The number of carbonyl (C=O) groups excluding carboxylic acids is 1. The Bertz CT molecular complexity index is 808. The van der Waals surface area contributed by atoms with Gasteiger partial charge in [-0.1, -0.05) is 37.5 Å². The van der Waals surface area contributed by atoms with Gasteiger partial charge in [0.2, 0.25) is 5.91 Å². The van der Waals surface area contributed by atoms with Crippen LogP contribution in [0.2, 0.25) is 0 Å². The van der Waals surface area contributed by atoms with Gasteiger partial charge in [0.05, 0.1) is 18.5 Å². The van der Waals surface area contributed by atoms with Gasteiger partial charge in [0.1, 0.15) is 5.82 Å². The fourth-order valence-electron chi connectivity index (χ4n) is 4.66. The van der Waals surface area contributed by atoms with Gasteiger partial charge < -0.3 is 14.2 Å².